The maximum absolute atomic E-state index is 8.79. The van der Waals surface area contributed by atoms with E-state index in [0.717, 1.165) is 25.9 Å². The minimum Gasteiger partial charge on any atom is -0.396 e. The standard InChI is InChI=1S/C15H28N2O/c1-3-7-15(16-9-4-2)14-8-11-17(13-14)10-5-6-12-18/h8,11,13,15-16,18H,3-7,9-10,12H2,1-2H3. The molecule has 0 aliphatic rings. The highest BCUT2D eigenvalue weighted by Crippen LogP contribution is 2.19. The third kappa shape index (κ3) is 5.23. The summed E-state index contributed by atoms with van der Waals surface area (Å²) in [4.78, 5) is 0. The number of unbranched alkanes of at least 4 members (excludes halogenated alkanes) is 1. The molecule has 0 saturated carbocycles. The summed E-state index contributed by atoms with van der Waals surface area (Å²) in [5.74, 6) is 0. The third-order valence-corrected chi connectivity index (χ3v) is 3.22. The van der Waals surface area contributed by atoms with Gasteiger partial charge < -0.3 is 15.0 Å². The van der Waals surface area contributed by atoms with E-state index in [1.165, 1.54) is 24.8 Å². The maximum atomic E-state index is 8.79. The van der Waals surface area contributed by atoms with Gasteiger partial charge >= 0.3 is 0 Å². The molecule has 1 heterocycles. The lowest BCUT2D eigenvalue weighted by Gasteiger charge is -2.16. The predicted octanol–water partition coefficient (Wildman–Crippen LogP) is 3.10. The Morgan fingerprint density at radius 1 is 1.28 bits per heavy atom. The second-order valence-electron chi connectivity index (χ2n) is 4.91. The fourth-order valence-electron chi connectivity index (χ4n) is 2.20. The summed E-state index contributed by atoms with van der Waals surface area (Å²) < 4.78 is 2.24. The molecule has 3 nitrogen and oxygen atoms in total. The van der Waals surface area contributed by atoms with Gasteiger partial charge in [-0.1, -0.05) is 20.3 Å². The lowest BCUT2D eigenvalue weighted by molar-refractivity contribution is 0.281. The summed E-state index contributed by atoms with van der Waals surface area (Å²) in [6, 6.07) is 2.72. The zero-order valence-corrected chi connectivity index (χ0v) is 11.9. The summed E-state index contributed by atoms with van der Waals surface area (Å²) in [7, 11) is 0. The van der Waals surface area contributed by atoms with Crippen LogP contribution in [0.4, 0.5) is 0 Å². The van der Waals surface area contributed by atoms with Gasteiger partial charge in [0.25, 0.3) is 0 Å². The first-order chi connectivity index (χ1) is 8.81. The van der Waals surface area contributed by atoms with Gasteiger partial charge in [-0.15, -0.1) is 0 Å². The number of aryl methyl sites for hydroxylation is 1. The van der Waals surface area contributed by atoms with Gasteiger partial charge in [-0.25, -0.2) is 0 Å². The predicted molar refractivity (Wildman–Crippen MR) is 76.7 cm³/mol. The molecule has 0 amide bonds. The summed E-state index contributed by atoms with van der Waals surface area (Å²) in [5.41, 5.74) is 1.40. The number of hydrogen-bond acceptors (Lipinski definition) is 2. The van der Waals surface area contributed by atoms with Crippen LogP contribution in [0.15, 0.2) is 18.5 Å². The van der Waals surface area contributed by atoms with Gasteiger partial charge in [0.1, 0.15) is 0 Å². The summed E-state index contributed by atoms with van der Waals surface area (Å²) in [5, 5.41) is 12.4. The van der Waals surface area contributed by atoms with Crippen LogP contribution >= 0.6 is 0 Å². The molecule has 1 rings (SSSR count). The van der Waals surface area contributed by atoms with E-state index < -0.39 is 0 Å². The molecule has 2 N–H and O–H groups in total. The third-order valence-electron chi connectivity index (χ3n) is 3.22. The van der Waals surface area contributed by atoms with E-state index in [2.05, 4.69) is 42.2 Å². The number of nitrogens with zero attached hydrogens (tertiary/aromatic N) is 1. The van der Waals surface area contributed by atoms with Gasteiger partial charge in [0.05, 0.1) is 0 Å². The molecule has 104 valence electrons. The van der Waals surface area contributed by atoms with E-state index in [-0.39, 0.29) is 0 Å². The molecule has 0 spiro atoms. The van der Waals surface area contributed by atoms with Gasteiger partial charge in [0.15, 0.2) is 0 Å². The van der Waals surface area contributed by atoms with Crippen molar-refractivity contribution in [2.45, 2.75) is 58.5 Å². The van der Waals surface area contributed by atoms with Gasteiger partial charge in [0, 0.05) is 31.6 Å². The molecular formula is C15H28N2O. The Balaban J connectivity index is 2.50. The van der Waals surface area contributed by atoms with E-state index in [9.17, 15) is 0 Å². The zero-order valence-electron chi connectivity index (χ0n) is 11.9. The van der Waals surface area contributed by atoms with Crippen LogP contribution in [0.25, 0.3) is 0 Å². The number of aliphatic hydroxyl groups excluding tert-OH is 1. The molecule has 0 aromatic carbocycles. The van der Waals surface area contributed by atoms with Crippen molar-refractivity contribution >= 4 is 0 Å². The van der Waals surface area contributed by atoms with Crippen molar-refractivity contribution in [2.24, 2.45) is 0 Å². The topological polar surface area (TPSA) is 37.2 Å². The highest BCUT2D eigenvalue weighted by Gasteiger charge is 2.10. The molecule has 0 fully saturated rings. The second-order valence-corrected chi connectivity index (χ2v) is 4.91. The number of nitrogens with one attached hydrogen (secondary N) is 1. The van der Waals surface area contributed by atoms with Crippen LogP contribution in [0, 0.1) is 0 Å². The minimum atomic E-state index is 0.296. The molecule has 1 unspecified atom stereocenters. The van der Waals surface area contributed by atoms with Crippen molar-refractivity contribution in [3.8, 4) is 0 Å². The van der Waals surface area contributed by atoms with Crippen molar-refractivity contribution < 1.29 is 5.11 Å². The highest BCUT2D eigenvalue weighted by molar-refractivity contribution is 5.15. The quantitative estimate of drug-likeness (QED) is 0.628. The van der Waals surface area contributed by atoms with E-state index in [1.807, 2.05) is 0 Å². The Bertz CT molecular complexity index is 309. The second kappa shape index (κ2) is 9.17. The maximum Gasteiger partial charge on any atom is 0.0431 e. The fourth-order valence-corrected chi connectivity index (χ4v) is 2.20. The minimum absolute atomic E-state index is 0.296. The van der Waals surface area contributed by atoms with Crippen molar-refractivity contribution in [1.82, 2.24) is 9.88 Å². The highest BCUT2D eigenvalue weighted by atomic mass is 16.2. The fraction of sp³-hybridized carbons (Fsp3) is 0.733. The first-order valence-electron chi connectivity index (χ1n) is 7.31. The SMILES string of the molecule is CCCNC(CCC)c1ccn(CCCCO)c1. The normalized spacial score (nSPS) is 12.8. The zero-order chi connectivity index (χ0) is 13.2. The van der Waals surface area contributed by atoms with Crippen LogP contribution in [-0.2, 0) is 6.54 Å². The number of hydrogen-bond donors (Lipinski definition) is 2. The van der Waals surface area contributed by atoms with Gasteiger partial charge in [0.2, 0.25) is 0 Å². The molecule has 3 heteroatoms. The van der Waals surface area contributed by atoms with Crippen molar-refractivity contribution in [3.63, 3.8) is 0 Å². The largest absolute Gasteiger partial charge is 0.396 e. The van der Waals surface area contributed by atoms with Crippen molar-refractivity contribution in [1.29, 1.82) is 0 Å². The monoisotopic (exact) mass is 252 g/mol. The van der Waals surface area contributed by atoms with Crippen molar-refractivity contribution in [3.05, 3.63) is 24.0 Å². The Morgan fingerprint density at radius 3 is 2.78 bits per heavy atom. The molecule has 18 heavy (non-hydrogen) atoms. The first-order valence-corrected chi connectivity index (χ1v) is 7.31. The Labute approximate surface area is 111 Å². The number of aliphatic hydroxyl groups is 1. The summed E-state index contributed by atoms with van der Waals surface area (Å²) in [6.45, 7) is 6.83. The lowest BCUT2D eigenvalue weighted by Crippen LogP contribution is -2.21. The molecule has 0 saturated heterocycles. The van der Waals surface area contributed by atoms with Crippen LogP contribution < -0.4 is 5.32 Å². The van der Waals surface area contributed by atoms with Gasteiger partial charge in [-0.05, 0) is 43.9 Å². The Kier molecular flexibility index (Phi) is 7.78. The summed E-state index contributed by atoms with van der Waals surface area (Å²) in [6.07, 6.45) is 9.92. The molecular weight excluding hydrogens is 224 g/mol. The van der Waals surface area contributed by atoms with Crippen LogP contribution in [0.5, 0.6) is 0 Å². The van der Waals surface area contributed by atoms with Crippen LogP contribution in [0.3, 0.4) is 0 Å². The van der Waals surface area contributed by atoms with Crippen LogP contribution in [-0.4, -0.2) is 22.8 Å². The molecule has 0 bridgehead atoms. The molecule has 0 aliphatic carbocycles. The molecule has 1 atom stereocenters. The average Bonchev–Trinajstić information content (AvgIpc) is 2.83. The van der Waals surface area contributed by atoms with Crippen LogP contribution in [0.2, 0.25) is 0 Å². The van der Waals surface area contributed by atoms with Gasteiger partial charge in [-0.2, -0.15) is 0 Å². The van der Waals surface area contributed by atoms with Crippen molar-refractivity contribution in [2.75, 3.05) is 13.2 Å². The average molecular weight is 252 g/mol. The van der Waals surface area contributed by atoms with E-state index >= 15 is 0 Å². The van der Waals surface area contributed by atoms with E-state index in [1.54, 1.807) is 0 Å². The summed E-state index contributed by atoms with van der Waals surface area (Å²) >= 11 is 0. The Hall–Kier alpha value is -0.800. The van der Waals surface area contributed by atoms with E-state index in [0.29, 0.717) is 12.6 Å². The number of aromatic nitrogens is 1. The van der Waals surface area contributed by atoms with E-state index in [4.69, 9.17) is 5.11 Å². The molecule has 1 aromatic heterocycles. The molecule has 1 aromatic rings. The van der Waals surface area contributed by atoms with Gasteiger partial charge in [-0.3, -0.25) is 0 Å². The molecule has 0 aliphatic heterocycles. The lowest BCUT2D eigenvalue weighted by atomic mass is 10.1. The van der Waals surface area contributed by atoms with Crippen LogP contribution in [0.1, 0.15) is 57.6 Å². The Morgan fingerprint density at radius 2 is 2.11 bits per heavy atom. The molecule has 0 radical (unpaired) electrons. The first kappa shape index (κ1) is 15.3. The number of rotatable bonds is 10. The smallest absolute Gasteiger partial charge is 0.0431 e.